The molecule has 1 aliphatic carbocycles. The number of hydrogen-bond donors (Lipinski definition) is 1. The zero-order chi connectivity index (χ0) is 14.8. The van der Waals surface area contributed by atoms with E-state index in [0.29, 0.717) is 18.5 Å². The van der Waals surface area contributed by atoms with Gasteiger partial charge in [0.2, 0.25) is 0 Å². The number of fused-ring (bicyclic) bond motifs is 1. The second kappa shape index (κ2) is 7.17. The first-order valence-corrected chi connectivity index (χ1v) is 7.28. The van der Waals surface area contributed by atoms with Crippen LogP contribution in [0.5, 0.6) is 5.75 Å². The van der Waals surface area contributed by atoms with Crippen LogP contribution in [0.3, 0.4) is 0 Å². The topological polar surface area (TPSA) is 50.9 Å². The van der Waals surface area contributed by atoms with E-state index in [2.05, 4.69) is 28.1 Å². The molecule has 118 valence electrons. The van der Waals surface area contributed by atoms with E-state index >= 15 is 0 Å². The number of benzene rings is 2. The maximum absolute atomic E-state index is 6.08. The fourth-order valence-corrected chi connectivity index (χ4v) is 2.59. The molecule has 0 aliphatic heterocycles. The van der Waals surface area contributed by atoms with Crippen molar-refractivity contribution in [3.63, 3.8) is 0 Å². The molecule has 22 heavy (non-hydrogen) atoms. The second-order valence-electron chi connectivity index (χ2n) is 5.48. The maximum Gasteiger partial charge on any atom is 0.191 e. The highest BCUT2D eigenvalue weighted by Crippen LogP contribution is 2.29. The van der Waals surface area contributed by atoms with Gasteiger partial charge in [-0.2, -0.15) is 0 Å². The molecule has 1 saturated carbocycles. The zero-order valence-corrected chi connectivity index (χ0v) is 15.3. The molecular formula is C17H22IN3O. The second-order valence-corrected chi connectivity index (χ2v) is 5.48. The predicted octanol–water partition coefficient (Wildman–Crippen LogP) is 3.38. The molecule has 0 amide bonds. The molecule has 4 nitrogen and oxygen atoms in total. The van der Waals surface area contributed by atoms with Gasteiger partial charge in [0.1, 0.15) is 5.75 Å². The summed E-state index contributed by atoms with van der Waals surface area (Å²) in [6.45, 7) is 0.535. The van der Waals surface area contributed by atoms with Gasteiger partial charge < -0.3 is 15.4 Å². The lowest BCUT2D eigenvalue weighted by molar-refractivity contribution is 0.410. The average Bonchev–Trinajstić information content (AvgIpc) is 3.36. The standard InChI is InChI=1S/C17H21N3O.HI/c1-20(13-8-9-13)17(18)19-11-15-14-6-4-3-5-12(14)7-10-16(15)21-2;/h3-7,10,13H,8-9,11H2,1-2H3,(H2,18,19);1H. The molecule has 0 saturated heterocycles. The van der Waals surface area contributed by atoms with Gasteiger partial charge in [-0.25, -0.2) is 4.99 Å². The van der Waals surface area contributed by atoms with Crippen molar-refractivity contribution in [1.82, 2.24) is 4.90 Å². The van der Waals surface area contributed by atoms with Gasteiger partial charge in [0.25, 0.3) is 0 Å². The molecule has 3 rings (SSSR count). The van der Waals surface area contributed by atoms with Crippen molar-refractivity contribution in [3.05, 3.63) is 42.0 Å². The third-order valence-corrected chi connectivity index (χ3v) is 4.07. The van der Waals surface area contributed by atoms with Crippen LogP contribution in [-0.4, -0.2) is 31.1 Å². The summed E-state index contributed by atoms with van der Waals surface area (Å²) in [6.07, 6.45) is 2.43. The first kappa shape index (κ1) is 16.9. The third kappa shape index (κ3) is 3.45. The van der Waals surface area contributed by atoms with Crippen molar-refractivity contribution < 1.29 is 4.74 Å². The Kier molecular flexibility index (Phi) is 5.50. The van der Waals surface area contributed by atoms with E-state index in [1.807, 2.05) is 25.2 Å². The molecule has 1 aliphatic rings. The summed E-state index contributed by atoms with van der Waals surface area (Å²) < 4.78 is 5.48. The van der Waals surface area contributed by atoms with Gasteiger partial charge in [-0.15, -0.1) is 24.0 Å². The lowest BCUT2D eigenvalue weighted by Gasteiger charge is -2.17. The molecule has 0 heterocycles. The number of nitrogens with zero attached hydrogens (tertiary/aromatic N) is 2. The van der Waals surface area contributed by atoms with Gasteiger partial charge >= 0.3 is 0 Å². The highest BCUT2D eigenvalue weighted by atomic mass is 127. The molecular weight excluding hydrogens is 389 g/mol. The molecule has 0 bridgehead atoms. The Balaban J connectivity index is 0.00000176. The fraction of sp³-hybridized carbons (Fsp3) is 0.353. The summed E-state index contributed by atoms with van der Waals surface area (Å²) >= 11 is 0. The number of aliphatic imine (C=N–C) groups is 1. The Morgan fingerprint density at radius 3 is 2.68 bits per heavy atom. The highest BCUT2D eigenvalue weighted by molar-refractivity contribution is 14.0. The largest absolute Gasteiger partial charge is 0.496 e. The van der Waals surface area contributed by atoms with E-state index in [1.54, 1.807) is 7.11 Å². The molecule has 0 atom stereocenters. The Bertz CT molecular complexity index is 683. The number of nitrogens with two attached hydrogens (primary N) is 1. The summed E-state index contributed by atoms with van der Waals surface area (Å²) in [4.78, 5) is 6.62. The van der Waals surface area contributed by atoms with Crippen molar-refractivity contribution in [3.8, 4) is 5.75 Å². The Morgan fingerprint density at radius 1 is 1.27 bits per heavy atom. The smallest absolute Gasteiger partial charge is 0.191 e. The van der Waals surface area contributed by atoms with Crippen molar-refractivity contribution in [1.29, 1.82) is 0 Å². The summed E-state index contributed by atoms with van der Waals surface area (Å²) in [5.74, 6) is 1.46. The van der Waals surface area contributed by atoms with E-state index in [1.165, 1.54) is 23.6 Å². The van der Waals surface area contributed by atoms with E-state index in [9.17, 15) is 0 Å². The Labute approximate surface area is 148 Å². The van der Waals surface area contributed by atoms with E-state index in [0.717, 1.165) is 11.3 Å². The molecule has 0 radical (unpaired) electrons. The van der Waals surface area contributed by atoms with Crippen LogP contribution in [0.25, 0.3) is 10.8 Å². The normalized spacial score (nSPS) is 14.5. The van der Waals surface area contributed by atoms with Crippen LogP contribution in [0.2, 0.25) is 0 Å². The average molecular weight is 411 g/mol. The third-order valence-electron chi connectivity index (χ3n) is 4.07. The number of hydrogen-bond acceptors (Lipinski definition) is 2. The number of guanidine groups is 1. The minimum absolute atomic E-state index is 0. The lowest BCUT2D eigenvalue weighted by atomic mass is 10.0. The SMILES string of the molecule is COc1ccc2ccccc2c1CN=C(N)N(C)C1CC1.I. The predicted molar refractivity (Wildman–Crippen MR) is 102 cm³/mol. The molecule has 1 fully saturated rings. The van der Waals surface area contributed by atoms with E-state index in [-0.39, 0.29) is 24.0 Å². The number of methoxy groups -OCH3 is 1. The molecule has 0 aromatic heterocycles. The van der Waals surface area contributed by atoms with Crippen LogP contribution in [0, 0.1) is 0 Å². The van der Waals surface area contributed by atoms with Crippen molar-refractivity contribution in [2.75, 3.05) is 14.2 Å². The highest BCUT2D eigenvalue weighted by Gasteiger charge is 2.27. The van der Waals surface area contributed by atoms with Gasteiger partial charge in [0.05, 0.1) is 13.7 Å². The number of rotatable bonds is 4. The molecule has 0 unspecified atom stereocenters. The minimum Gasteiger partial charge on any atom is -0.496 e. The Hall–Kier alpha value is -1.50. The molecule has 2 aromatic carbocycles. The van der Waals surface area contributed by atoms with Gasteiger partial charge in [0, 0.05) is 18.7 Å². The van der Waals surface area contributed by atoms with Gasteiger partial charge in [-0.05, 0) is 29.7 Å². The van der Waals surface area contributed by atoms with Gasteiger partial charge in [-0.1, -0.05) is 30.3 Å². The number of halogens is 1. The van der Waals surface area contributed by atoms with Crippen LogP contribution in [0.1, 0.15) is 18.4 Å². The van der Waals surface area contributed by atoms with Crippen LogP contribution >= 0.6 is 24.0 Å². The van der Waals surface area contributed by atoms with E-state index in [4.69, 9.17) is 10.5 Å². The van der Waals surface area contributed by atoms with Gasteiger partial charge in [-0.3, -0.25) is 0 Å². The maximum atomic E-state index is 6.08. The monoisotopic (exact) mass is 411 g/mol. The van der Waals surface area contributed by atoms with Crippen LogP contribution < -0.4 is 10.5 Å². The fourth-order valence-electron chi connectivity index (χ4n) is 2.59. The first-order chi connectivity index (χ1) is 10.2. The van der Waals surface area contributed by atoms with Gasteiger partial charge in [0.15, 0.2) is 5.96 Å². The minimum atomic E-state index is 0. The summed E-state index contributed by atoms with van der Waals surface area (Å²) in [5, 5.41) is 2.36. The summed E-state index contributed by atoms with van der Waals surface area (Å²) in [5.41, 5.74) is 7.16. The Morgan fingerprint density at radius 2 is 2.00 bits per heavy atom. The molecule has 0 spiro atoms. The lowest BCUT2D eigenvalue weighted by Crippen LogP contribution is -2.35. The first-order valence-electron chi connectivity index (χ1n) is 7.28. The van der Waals surface area contributed by atoms with Crippen LogP contribution in [0.4, 0.5) is 0 Å². The van der Waals surface area contributed by atoms with Crippen LogP contribution in [-0.2, 0) is 6.54 Å². The quantitative estimate of drug-likeness (QED) is 0.477. The van der Waals surface area contributed by atoms with Crippen LogP contribution in [0.15, 0.2) is 41.4 Å². The van der Waals surface area contributed by atoms with Crippen molar-refractivity contribution in [2.24, 2.45) is 10.7 Å². The van der Waals surface area contributed by atoms with Crippen molar-refractivity contribution in [2.45, 2.75) is 25.4 Å². The summed E-state index contributed by atoms with van der Waals surface area (Å²) in [7, 11) is 3.70. The zero-order valence-electron chi connectivity index (χ0n) is 13.0. The molecule has 2 N–H and O–H groups in total. The van der Waals surface area contributed by atoms with E-state index < -0.39 is 0 Å². The van der Waals surface area contributed by atoms with Crippen molar-refractivity contribution >= 4 is 40.7 Å². The molecule has 5 heteroatoms. The molecule has 2 aromatic rings. The number of ether oxygens (including phenoxy) is 1. The summed E-state index contributed by atoms with van der Waals surface area (Å²) in [6, 6.07) is 12.9.